The molecule has 31 heavy (non-hydrogen) atoms. The third kappa shape index (κ3) is 8.65. The minimum absolute atomic E-state index is 0.0716. The first-order valence-electron chi connectivity index (χ1n) is 9.77. The second-order valence-corrected chi connectivity index (χ2v) is 6.22. The van der Waals surface area contributed by atoms with Crippen molar-refractivity contribution in [2.75, 3.05) is 32.2 Å². The lowest BCUT2D eigenvalue weighted by atomic mass is 10.3. The Kier molecular flexibility index (Phi) is 9.67. The highest BCUT2D eigenvalue weighted by Crippen LogP contribution is 2.26. The largest absolute Gasteiger partial charge is 0.497 e. The Morgan fingerprint density at radius 2 is 1.61 bits per heavy atom. The van der Waals surface area contributed by atoms with Crippen molar-refractivity contribution in [2.24, 2.45) is 0 Å². The second-order valence-electron chi connectivity index (χ2n) is 6.22. The van der Waals surface area contributed by atoms with E-state index < -0.39 is 24.5 Å². The van der Waals surface area contributed by atoms with E-state index in [1.54, 1.807) is 36.4 Å². The van der Waals surface area contributed by atoms with Gasteiger partial charge < -0.3 is 24.3 Å². The van der Waals surface area contributed by atoms with E-state index in [0.717, 1.165) is 0 Å². The molecular weight excluding hydrogens is 404 g/mol. The summed E-state index contributed by atoms with van der Waals surface area (Å²) >= 11 is 0. The zero-order valence-electron chi connectivity index (χ0n) is 17.5. The van der Waals surface area contributed by atoms with Gasteiger partial charge >= 0.3 is 12.0 Å². The topological polar surface area (TPSA) is 112 Å². The average Bonchev–Trinajstić information content (AvgIpc) is 2.77. The Morgan fingerprint density at radius 3 is 2.26 bits per heavy atom. The number of urea groups is 1. The van der Waals surface area contributed by atoms with Crippen molar-refractivity contribution in [2.45, 2.75) is 19.8 Å². The van der Waals surface area contributed by atoms with Gasteiger partial charge in [0.2, 0.25) is 0 Å². The molecule has 0 fully saturated rings. The molecule has 166 valence electrons. The number of esters is 1. The molecule has 0 aliphatic rings. The van der Waals surface area contributed by atoms with Gasteiger partial charge in [0.25, 0.3) is 5.91 Å². The van der Waals surface area contributed by atoms with Crippen molar-refractivity contribution in [1.29, 1.82) is 0 Å². The molecule has 0 unspecified atom stereocenters. The molecule has 2 aromatic carbocycles. The van der Waals surface area contributed by atoms with Gasteiger partial charge in [0.1, 0.15) is 5.75 Å². The van der Waals surface area contributed by atoms with E-state index in [1.165, 1.54) is 7.11 Å². The van der Waals surface area contributed by atoms with Crippen molar-refractivity contribution in [3.8, 4) is 17.2 Å². The normalized spacial score (nSPS) is 10.0. The number of rotatable bonds is 11. The van der Waals surface area contributed by atoms with Crippen LogP contribution in [0.4, 0.5) is 10.5 Å². The molecule has 2 aromatic rings. The maximum atomic E-state index is 11.8. The summed E-state index contributed by atoms with van der Waals surface area (Å²) in [6, 6.07) is 13.1. The molecule has 0 aromatic heterocycles. The van der Waals surface area contributed by atoms with E-state index in [-0.39, 0.29) is 13.0 Å². The molecule has 3 amide bonds. The fourth-order valence-electron chi connectivity index (χ4n) is 2.46. The van der Waals surface area contributed by atoms with Gasteiger partial charge in [-0.3, -0.25) is 14.9 Å². The number of methoxy groups -OCH3 is 1. The van der Waals surface area contributed by atoms with Crippen LogP contribution in [0.1, 0.15) is 19.8 Å². The molecule has 0 aliphatic carbocycles. The van der Waals surface area contributed by atoms with E-state index in [9.17, 15) is 14.4 Å². The molecule has 0 radical (unpaired) electrons. The Hall–Kier alpha value is -3.75. The molecular formula is C22H26N2O7. The van der Waals surface area contributed by atoms with E-state index in [4.69, 9.17) is 18.9 Å². The van der Waals surface area contributed by atoms with E-state index >= 15 is 0 Å². The van der Waals surface area contributed by atoms with Crippen LogP contribution in [0.5, 0.6) is 17.2 Å². The first kappa shape index (κ1) is 23.5. The molecule has 0 aliphatic heterocycles. The fraction of sp³-hybridized carbons (Fsp3) is 0.318. The second kappa shape index (κ2) is 12.7. The average molecular weight is 430 g/mol. The number of ether oxygens (including phenoxy) is 4. The number of hydrogen-bond donors (Lipinski definition) is 2. The lowest BCUT2D eigenvalue weighted by Gasteiger charge is -2.11. The van der Waals surface area contributed by atoms with E-state index in [1.807, 2.05) is 19.1 Å². The van der Waals surface area contributed by atoms with Crippen LogP contribution >= 0.6 is 0 Å². The van der Waals surface area contributed by atoms with Crippen LogP contribution in [-0.2, 0) is 14.3 Å². The van der Waals surface area contributed by atoms with Crippen LogP contribution in [0.2, 0.25) is 0 Å². The predicted molar refractivity (Wildman–Crippen MR) is 113 cm³/mol. The summed E-state index contributed by atoms with van der Waals surface area (Å²) < 4.78 is 21.0. The van der Waals surface area contributed by atoms with Crippen molar-refractivity contribution in [3.05, 3.63) is 48.5 Å². The lowest BCUT2D eigenvalue weighted by Crippen LogP contribution is -2.37. The summed E-state index contributed by atoms with van der Waals surface area (Å²) in [5.41, 5.74) is 0.481. The van der Waals surface area contributed by atoms with Gasteiger partial charge in [-0.25, -0.2) is 4.79 Å². The zero-order chi connectivity index (χ0) is 22.5. The van der Waals surface area contributed by atoms with Crippen molar-refractivity contribution >= 4 is 23.6 Å². The number of carbonyl (C=O) groups is 3. The van der Waals surface area contributed by atoms with Gasteiger partial charge in [-0.15, -0.1) is 0 Å². The van der Waals surface area contributed by atoms with E-state index in [2.05, 4.69) is 10.6 Å². The molecule has 0 atom stereocenters. The smallest absolute Gasteiger partial charge is 0.325 e. The molecule has 0 saturated carbocycles. The SMILES string of the molecule is CCOc1ccccc1OCCCC(=O)OCC(=O)NC(=O)Nc1ccc(OC)cc1. The predicted octanol–water partition coefficient (Wildman–Crippen LogP) is 3.14. The molecule has 2 rings (SSSR count). The number of hydrogen-bond acceptors (Lipinski definition) is 7. The maximum absolute atomic E-state index is 11.8. The molecule has 0 spiro atoms. The first-order chi connectivity index (χ1) is 15.0. The molecule has 9 heteroatoms. The summed E-state index contributed by atoms with van der Waals surface area (Å²) in [4.78, 5) is 35.3. The van der Waals surface area contributed by atoms with Crippen LogP contribution in [-0.4, -0.2) is 44.8 Å². The van der Waals surface area contributed by atoms with Crippen LogP contribution in [0.15, 0.2) is 48.5 Å². The highest BCUT2D eigenvalue weighted by Gasteiger charge is 2.12. The summed E-state index contributed by atoms with van der Waals surface area (Å²) in [6.07, 6.45) is 0.473. The number of anilines is 1. The highest BCUT2D eigenvalue weighted by molar-refractivity contribution is 6.01. The number of para-hydroxylation sites is 2. The number of benzene rings is 2. The Labute approximate surface area is 180 Å². The van der Waals surface area contributed by atoms with E-state index in [0.29, 0.717) is 36.0 Å². The van der Waals surface area contributed by atoms with Crippen LogP contribution in [0, 0.1) is 0 Å². The summed E-state index contributed by atoms with van der Waals surface area (Å²) in [5.74, 6) is 0.573. The Bertz CT molecular complexity index is 868. The molecule has 2 N–H and O–H groups in total. The number of carbonyl (C=O) groups excluding carboxylic acids is 3. The Morgan fingerprint density at radius 1 is 0.935 bits per heavy atom. The molecule has 0 heterocycles. The summed E-state index contributed by atoms with van der Waals surface area (Å²) in [6.45, 7) is 2.14. The minimum Gasteiger partial charge on any atom is -0.497 e. The van der Waals surface area contributed by atoms with Gasteiger partial charge in [-0.05, 0) is 49.7 Å². The van der Waals surface area contributed by atoms with Gasteiger partial charge in [-0.1, -0.05) is 12.1 Å². The quantitative estimate of drug-likeness (QED) is 0.416. The van der Waals surface area contributed by atoms with Gasteiger partial charge in [0.15, 0.2) is 18.1 Å². The number of nitrogens with one attached hydrogen (secondary N) is 2. The Balaban J connectivity index is 1.62. The molecule has 0 bridgehead atoms. The van der Waals surface area contributed by atoms with Gasteiger partial charge in [0.05, 0.1) is 20.3 Å². The highest BCUT2D eigenvalue weighted by atomic mass is 16.5. The van der Waals surface area contributed by atoms with Crippen LogP contribution in [0.3, 0.4) is 0 Å². The lowest BCUT2D eigenvalue weighted by molar-refractivity contribution is -0.148. The van der Waals surface area contributed by atoms with Crippen molar-refractivity contribution in [3.63, 3.8) is 0 Å². The maximum Gasteiger partial charge on any atom is 0.325 e. The molecule has 9 nitrogen and oxygen atoms in total. The summed E-state index contributed by atoms with van der Waals surface area (Å²) in [7, 11) is 1.53. The van der Waals surface area contributed by atoms with Crippen molar-refractivity contribution < 1.29 is 33.3 Å². The standard InChI is InChI=1S/C22H26N2O7/c1-3-29-18-7-4-5-8-19(18)30-14-6-9-21(26)31-15-20(25)24-22(27)23-16-10-12-17(28-2)13-11-16/h4-5,7-8,10-13H,3,6,9,14-15H2,1-2H3,(H2,23,24,25,27). The summed E-state index contributed by atoms with van der Waals surface area (Å²) in [5, 5.41) is 4.57. The number of amides is 3. The first-order valence-corrected chi connectivity index (χ1v) is 9.77. The van der Waals surface area contributed by atoms with Crippen molar-refractivity contribution in [1.82, 2.24) is 5.32 Å². The monoisotopic (exact) mass is 430 g/mol. The van der Waals surface area contributed by atoms with Gasteiger partial charge in [0, 0.05) is 12.1 Å². The van der Waals surface area contributed by atoms with Crippen LogP contribution < -0.4 is 24.8 Å². The van der Waals surface area contributed by atoms with Gasteiger partial charge in [-0.2, -0.15) is 0 Å². The fourth-order valence-corrected chi connectivity index (χ4v) is 2.46. The zero-order valence-corrected chi connectivity index (χ0v) is 17.5. The third-order valence-corrected chi connectivity index (χ3v) is 3.90. The number of imide groups is 1. The minimum atomic E-state index is -0.735. The van der Waals surface area contributed by atoms with Crippen LogP contribution in [0.25, 0.3) is 0 Å². The molecule has 0 saturated heterocycles. The third-order valence-electron chi connectivity index (χ3n) is 3.90.